The predicted octanol–water partition coefficient (Wildman–Crippen LogP) is 3.06. The van der Waals surface area contributed by atoms with Crippen LogP contribution in [-0.4, -0.2) is 54.9 Å². The van der Waals surface area contributed by atoms with E-state index in [2.05, 4.69) is 0 Å². The van der Waals surface area contributed by atoms with Crippen molar-refractivity contribution < 1.29 is 14.3 Å². The van der Waals surface area contributed by atoms with E-state index in [0.29, 0.717) is 31.0 Å². The fourth-order valence-electron chi connectivity index (χ4n) is 4.21. The van der Waals surface area contributed by atoms with Gasteiger partial charge in [-0.3, -0.25) is 9.59 Å². The van der Waals surface area contributed by atoms with E-state index in [9.17, 15) is 9.59 Å². The summed E-state index contributed by atoms with van der Waals surface area (Å²) >= 11 is 0. The Hall–Kier alpha value is -2.82. The van der Waals surface area contributed by atoms with Gasteiger partial charge in [0.25, 0.3) is 5.91 Å². The van der Waals surface area contributed by atoms with Crippen molar-refractivity contribution in [3.05, 3.63) is 54.1 Å². The largest absolute Gasteiger partial charge is 0.497 e. The molecule has 2 fully saturated rings. The second kappa shape index (κ2) is 7.06. The maximum absolute atomic E-state index is 13.1. The van der Waals surface area contributed by atoms with E-state index >= 15 is 0 Å². The van der Waals surface area contributed by atoms with E-state index in [0.717, 1.165) is 23.3 Å². The van der Waals surface area contributed by atoms with Gasteiger partial charge in [0.1, 0.15) is 5.75 Å². The van der Waals surface area contributed by atoms with Crippen molar-refractivity contribution in [2.75, 3.05) is 27.2 Å². The first-order chi connectivity index (χ1) is 13.1. The molecule has 2 amide bonds. The highest BCUT2D eigenvalue weighted by molar-refractivity contribution is 5.95. The molecule has 2 aromatic carbocycles. The molecule has 5 heteroatoms. The third kappa shape index (κ3) is 3.29. The number of fused-ring (bicyclic) bond motifs is 1. The van der Waals surface area contributed by atoms with Crippen LogP contribution in [0, 0.1) is 5.92 Å². The lowest BCUT2D eigenvalue weighted by Crippen LogP contribution is -2.49. The molecule has 2 aliphatic heterocycles. The third-order valence-corrected chi connectivity index (χ3v) is 5.85. The predicted molar refractivity (Wildman–Crippen MR) is 104 cm³/mol. The van der Waals surface area contributed by atoms with Crippen LogP contribution in [0.5, 0.6) is 5.75 Å². The summed E-state index contributed by atoms with van der Waals surface area (Å²) in [5.74, 6) is 1.40. The lowest BCUT2D eigenvalue weighted by atomic mass is 9.91. The van der Waals surface area contributed by atoms with E-state index in [1.54, 1.807) is 7.11 Å². The smallest absolute Gasteiger partial charge is 0.253 e. The highest BCUT2D eigenvalue weighted by atomic mass is 16.5. The average molecular weight is 364 g/mol. The van der Waals surface area contributed by atoms with Gasteiger partial charge in [-0.2, -0.15) is 0 Å². The van der Waals surface area contributed by atoms with Gasteiger partial charge in [-0.15, -0.1) is 0 Å². The fourth-order valence-corrected chi connectivity index (χ4v) is 4.21. The van der Waals surface area contributed by atoms with Crippen LogP contribution in [0.2, 0.25) is 0 Å². The van der Waals surface area contributed by atoms with Crippen LogP contribution in [0.1, 0.15) is 23.2 Å². The Morgan fingerprint density at radius 2 is 1.85 bits per heavy atom. The first-order valence-corrected chi connectivity index (χ1v) is 9.36. The molecule has 0 unspecified atom stereocenters. The second-order valence-corrected chi connectivity index (χ2v) is 7.39. The summed E-state index contributed by atoms with van der Waals surface area (Å²) in [6.07, 6.45) is 1.51. The summed E-state index contributed by atoms with van der Waals surface area (Å²) in [6, 6.07) is 15.7. The molecule has 4 rings (SSSR count). The van der Waals surface area contributed by atoms with Crippen molar-refractivity contribution in [3.8, 4) is 16.9 Å². The van der Waals surface area contributed by atoms with E-state index in [1.165, 1.54) is 0 Å². The van der Waals surface area contributed by atoms with Gasteiger partial charge in [0.15, 0.2) is 0 Å². The fraction of sp³-hybridized carbons (Fsp3) is 0.364. The van der Waals surface area contributed by atoms with Gasteiger partial charge in [-0.1, -0.05) is 24.3 Å². The lowest BCUT2D eigenvalue weighted by Gasteiger charge is -2.37. The number of amides is 2. The van der Waals surface area contributed by atoms with Gasteiger partial charge in [-0.05, 0) is 47.7 Å². The van der Waals surface area contributed by atoms with Gasteiger partial charge in [-0.25, -0.2) is 0 Å². The average Bonchev–Trinajstić information content (AvgIpc) is 3.01. The number of piperidine rings is 1. The topological polar surface area (TPSA) is 49.9 Å². The molecule has 0 saturated carbocycles. The molecular formula is C22H24N2O3. The van der Waals surface area contributed by atoms with E-state index in [4.69, 9.17) is 4.74 Å². The molecule has 140 valence electrons. The molecule has 27 heavy (non-hydrogen) atoms. The normalized spacial score (nSPS) is 21.9. The zero-order chi connectivity index (χ0) is 19.0. The monoisotopic (exact) mass is 364 g/mol. The Bertz CT molecular complexity index is 879. The van der Waals surface area contributed by atoms with Gasteiger partial charge in [0.05, 0.1) is 13.2 Å². The number of hydrogen-bond donors (Lipinski definition) is 0. The number of rotatable bonds is 3. The van der Waals surface area contributed by atoms with Gasteiger partial charge < -0.3 is 14.5 Å². The number of likely N-dealkylation sites (N-methyl/N-ethyl adjacent to an activating group) is 1. The first kappa shape index (κ1) is 17.6. The number of likely N-dealkylation sites (tertiary alicyclic amines) is 2. The Morgan fingerprint density at radius 1 is 1.11 bits per heavy atom. The van der Waals surface area contributed by atoms with Crippen LogP contribution < -0.4 is 4.74 Å². The van der Waals surface area contributed by atoms with E-state index < -0.39 is 0 Å². The maximum atomic E-state index is 13.1. The van der Waals surface area contributed by atoms with Crippen molar-refractivity contribution in [1.82, 2.24) is 9.80 Å². The number of methoxy groups -OCH3 is 1. The number of nitrogens with zero attached hydrogens (tertiary/aromatic N) is 2. The Kier molecular flexibility index (Phi) is 4.60. The van der Waals surface area contributed by atoms with E-state index in [-0.39, 0.29) is 17.9 Å². The van der Waals surface area contributed by atoms with E-state index in [1.807, 2.05) is 65.4 Å². The summed E-state index contributed by atoms with van der Waals surface area (Å²) in [6.45, 7) is 1.33. The zero-order valence-electron chi connectivity index (χ0n) is 15.7. The first-order valence-electron chi connectivity index (χ1n) is 9.36. The summed E-state index contributed by atoms with van der Waals surface area (Å²) in [4.78, 5) is 28.7. The minimum Gasteiger partial charge on any atom is -0.497 e. The van der Waals surface area contributed by atoms with Crippen LogP contribution in [0.25, 0.3) is 11.1 Å². The standard InChI is InChI=1S/C22H24N2O3/c1-23-20-14-24(10-9-17(20)13-21(23)25)22(26)18-7-3-5-15(11-18)16-6-4-8-19(12-16)27-2/h3-8,11-12,17,20H,9-10,13-14H2,1-2H3/t17-,20-/m1/s1. The molecular weight excluding hydrogens is 340 g/mol. The highest BCUT2D eigenvalue weighted by Gasteiger charge is 2.42. The molecule has 2 atom stereocenters. The molecule has 2 aliphatic rings. The molecule has 0 spiro atoms. The Labute approximate surface area is 159 Å². The molecule has 0 N–H and O–H groups in total. The van der Waals surface area contributed by atoms with Crippen molar-refractivity contribution in [1.29, 1.82) is 0 Å². The quantitative estimate of drug-likeness (QED) is 0.841. The van der Waals surface area contributed by atoms with Crippen molar-refractivity contribution in [2.24, 2.45) is 5.92 Å². The summed E-state index contributed by atoms with van der Waals surface area (Å²) in [7, 11) is 3.50. The number of carbonyl (C=O) groups excluding carboxylic acids is 2. The highest BCUT2D eigenvalue weighted by Crippen LogP contribution is 2.32. The minimum absolute atomic E-state index is 0.0333. The van der Waals surface area contributed by atoms with Crippen LogP contribution >= 0.6 is 0 Å². The molecule has 2 saturated heterocycles. The SMILES string of the molecule is COc1cccc(-c2cccc(C(=O)N3CC[C@@H]4CC(=O)N(C)[C@@H]4C3)c2)c1. The number of ether oxygens (including phenoxy) is 1. The zero-order valence-corrected chi connectivity index (χ0v) is 15.7. The van der Waals surface area contributed by atoms with Gasteiger partial charge in [0.2, 0.25) is 5.91 Å². The second-order valence-electron chi connectivity index (χ2n) is 7.39. The molecule has 5 nitrogen and oxygen atoms in total. The molecule has 0 radical (unpaired) electrons. The van der Waals surface area contributed by atoms with Crippen molar-refractivity contribution in [2.45, 2.75) is 18.9 Å². The van der Waals surface area contributed by atoms with Crippen LogP contribution in [-0.2, 0) is 4.79 Å². The summed E-state index contributed by atoms with van der Waals surface area (Å²) < 4.78 is 5.30. The molecule has 2 aromatic rings. The molecule has 2 heterocycles. The van der Waals surface area contributed by atoms with Crippen LogP contribution in [0.3, 0.4) is 0 Å². The summed E-state index contributed by atoms with van der Waals surface area (Å²) in [5, 5.41) is 0. The van der Waals surface area contributed by atoms with Crippen molar-refractivity contribution >= 4 is 11.8 Å². The maximum Gasteiger partial charge on any atom is 0.253 e. The summed E-state index contributed by atoms with van der Waals surface area (Å²) in [5.41, 5.74) is 2.69. The number of hydrogen-bond acceptors (Lipinski definition) is 3. The molecule has 0 aliphatic carbocycles. The minimum atomic E-state index is 0.0333. The number of carbonyl (C=O) groups is 2. The lowest BCUT2D eigenvalue weighted by molar-refractivity contribution is -0.127. The van der Waals surface area contributed by atoms with Crippen molar-refractivity contribution in [3.63, 3.8) is 0 Å². The van der Waals surface area contributed by atoms with Crippen LogP contribution in [0.15, 0.2) is 48.5 Å². The Balaban J connectivity index is 1.55. The van der Waals surface area contributed by atoms with Gasteiger partial charge >= 0.3 is 0 Å². The molecule has 0 bridgehead atoms. The third-order valence-electron chi connectivity index (χ3n) is 5.85. The van der Waals surface area contributed by atoms with Crippen LogP contribution in [0.4, 0.5) is 0 Å². The Morgan fingerprint density at radius 3 is 2.63 bits per heavy atom. The van der Waals surface area contributed by atoms with Gasteiger partial charge in [0, 0.05) is 32.1 Å². The number of benzene rings is 2. The molecule has 0 aromatic heterocycles.